The predicted molar refractivity (Wildman–Crippen MR) is 76.4 cm³/mol. The summed E-state index contributed by atoms with van der Waals surface area (Å²) in [4.78, 5) is 14.4. The number of carbonyl (C=O) groups excluding carboxylic acids is 1. The molecule has 0 unspecified atom stereocenters. The van der Waals surface area contributed by atoms with Crippen LogP contribution >= 0.6 is 0 Å². The Bertz CT molecular complexity index is 506. The second kappa shape index (κ2) is 6.36. The molecule has 0 spiro atoms. The molecule has 2 heterocycles. The van der Waals surface area contributed by atoms with E-state index in [0.717, 1.165) is 25.7 Å². The number of amides is 1. The van der Waals surface area contributed by atoms with Gasteiger partial charge in [0.05, 0.1) is 31.0 Å². The van der Waals surface area contributed by atoms with Gasteiger partial charge < -0.3 is 24.0 Å². The summed E-state index contributed by atoms with van der Waals surface area (Å²) in [7, 11) is 1.71. The van der Waals surface area contributed by atoms with Gasteiger partial charge in [0, 0.05) is 19.7 Å². The Hall–Kier alpha value is -1.44. The minimum absolute atomic E-state index is 0.0121. The van der Waals surface area contributed by atoms with Crippen LogP contribution in [-0.4, -0.2) is 65.7 Å². The molecule has 1 saturated carbocycles. The van der Waals surface area contributed by atoms with Gasteiger partial charge in [-0.15, -0.1) is 0 Å². The number of likely N-dealkylation sites (tertiary alicyclic amines) is 1. The van der Waals surface area contributed by atoms with Crippen molar-refractivity contribution < 1.29 is 23.9 Å². The van der Waals surface area contributed by atoms with Crippen LogP contribution in [0.3, 0.4) is 0 Å². The first kappa shape index (κ1) is 15.5. The number of methoxy groups -OCH3 is 1. The van der Waals surface area contributed by atoms with E-state index in [1.54, 1.807) is 13.2 Å². The molecule has 2 fully saturated rings. The zero-order chi connectivity index (χ0) is 15.6. The largest absolute Gasteiger partial charge is 0.394 e. The third-order valence-electron chi connectivity index (χ3n) is 4.90. The smallest absolute Gasteiger partial charge is 0.276 e. The monoisotopic (exact) mass is 310 g/mol. The molecule has 0 aromatic carbocycles. The molecule has 1 aliphatic carbocycles. The fraction of sp³-hybridized carbons (Fsp3) is 0.733. The summed E-state index contributed by atoms with van der Waals surface area (Å²) >= 11 is 0. The van der Waals surface area contributed by atoms with Crippen LogP contribution in [0.15, 0.2) is 16.9 Å². The quantitative estimate of drug-likeness (QED) is 0.867. The highest BCUT2D eigenvalue weighted by Gasteiger charge is 2.53. The van der Waals surface area contributed by atoms with Crippen molar-refractivity contribution in [3.05, 3.63) is 18.0 Å². The molecule has 1 aromatic rings. The Morgan fingerprint density at radius 2 is 2.45 bits per heavy atom. The van der Waals surface area contributed by atoms with Crippen molar-refractivity contribution in [1.82, 2.24) is 10.1 Å². The Morgan fingerprint density at radius 3 is 3.14 bits per heavy atom. The molecule has 0 bridgehead atoms. The molecule has 3 rings (SSSR count). The zero-order valence-electron chi connectivity index (χ0n) is 12.7. The van der Waals surface area contributed by atoms with Crippen LogP contribution in [0.4, 0.5) is 0 Å². The third-order valence-corrected chi connectivity index (χ3v) is 4.90. The highest BCUT2D eigenvalue weighted by Crippen LogP contribution is 2.43. The Labute approximate surface area is 129 Å². The van der Waals surface area contributed by atoms with E-state index < -0.39 is 0 Å². The standard InChI is InChI=1S/C15H22N2O5/c1-20-15-4-2-11(21-9-7-18)10-13(15)17(6-5-15)14(19)12-3-8-22-16-12/h3,8,11,13,18H,2,4-7,9-10H2,1H3/t11-,13+,15-/m1/s1. The van der Waals surface area contributed by atoms with E-state index in [-0.39, 0.29) is 30.3 Å². The Morgan fingerprint density at radius 1 is 1.59 bits per heavy atom. The second-order valence-corrected chi connectivity index (χ2v) is 5.91. The lowest BCUT2D eigenvalue weighted by Gasteiger charge is -2.43. The SMILES string of the molecule is CO[C@@]12CC[C@@H](OCCO)C[C@@H]1N(C(=O)c1ccon1)CC2. The van der Waals surface area contributed by atoms with E-state index in [4.69, 9.17) is 19.1 Å². The molecular weight excluding hydrogens is 288 g/mol. The lowest BCUT2D eigenvalue weighted by molar-refractivity contribution is -0.0992. The second-order valence-electron chi connectivity index (χ2n) is 5.91. The molecule has 1 saturated heterocycles. The lowest BCUT2D eigenvalue weighted by Crippen LogP contribution is -2.53. The van der Waals surface area contributed by atoms with Gasteiger partial charge in [-0.25, -0.2) is 0 Å². The van der Waals surface area contributed by atoms with Crippen LogP contribution in [0, 0.1) is 0 Å². The fourth-order valence-electron chi connectivity index (χ4n) is 3.75. The van der Waals surface area contributed by atoms with Gasteiger partial charge in [-0.2, -0.15) is 0 Å². The minimum atomic E-state index is -0.293. The number of aliphatic hydroxyl groups is 1. The van der Waals surface area contributed by atoms with Crippen LogP contribution in [-0.2, 0) is 9.47 Å². The molecule has 1 N–H and O–H groups in total. The summed E-state index contributed by atoms with van der Waals surface area (Å²) in [5.74, 6) is -0.125. The lowest BCUT2D eigenvalue weighted by atomic mass is 9.79. The molecule has 1 amide bonds. The molecule has 1 aliphatic heterocycles. The first-order chi connectivity index (χ1) is 10.7. The van der Waals surface area contributed by atoms with Crippen molar-refractivity contribution in [2.24, 2.45) is 0 Å². The van der Waals surface area contributed by atoms with Crippen molar-refractivity contribution >= 4 is 5.91 Å². The summed E-state index contributed by atoms with van der Waals surface area (Å²) in [6, 6.07) is 1.55. The van der Waals surface area contributed by atoms with Gasteiger partial charge >= 0.3 is 0 Å². The number of fused-ring (bicyclic) bond motifs is 1. The van der Waals surface area contributed by atoms with Gasteiger partial charge in [0.2, 0.25) is 0 Å². The number of aromatic nitrogens is 1. The number of rotatable bonds is 5. The highest BCUT2D eigenvalue weighted by atomic mass is 16.5. The van der Waals surface area contributed by atoms with Gasteiger partial charge in [0.25, 0.3) is 5.91 Å². The number of hydrogen-bond acceptors (Lipinski definition) is 6. The van der Waals surface area contributed by atoms with E-state index in [2.05, 4.69) is 5.16 Å². The maximum absolute atomic E-state index is 12.6. The first-order valence-corrected chi connectivity index (χ1v) is 7.69. The van der Waals surface area contributed by atoms with Gasteiger partial charge in [-0.3, -0.25) is 4.79 Å². The van der Waals surface area contributed by atoms with Crippen LogP contribution in [0.2, 0.25) is 0 Å². The van der Waals surface area contributed by atoms with E-state index >= 15 is 0 Å². The van der Waals surface area contributed by atoms with Crippen LogP contribution < -0.4 is 0 Å². The van der Waals surface area contributed by atoms with Crippen LogP contribution in [0.5, 0.6) is 0 Å². The van der Waals surface area contributed by atoms with Crippen LogP contribution in [0.1, 0.15) is 36.2 Å². The predicted octanol–water partition coefficient (Wildman–Crippen LogP) is 0.836. The molecule has 22 heavy (non-hydrogen) atoms. The van der Waals surface area contributed by atoms with E-state index in [1.807, 2.05) is 4.90 Å². The number of hydrogen-bond donors (Lipinski definition) is 1. The normalized spacial score (nSPS) is 31.3. The molecule has 2 aliphatic rings. The molecular formula is C15H22N2O5. The fourth-order valence-corrected chi connectivity index (χ4v) is 3.75. The molecule has 7 heteroatoms. The van der Waals surface area contributed by atoms with E-state index in [0.29, 0.717) is 18.8 Å². The summed E-state index contributed by atoms with van der Waals surface area (Å²) in [5.41, 5.74) is 0.0312. The number of carbonyl (C=O) groups is 1. The van der Waals surface area contributed by atoms with Crippen molar-refractivity contribution in [3.8, 4) is 0 Å². The summed E-state index contributed by atoms with van der Waals surface area (Å²) < 4.78 is 16.3. The summed E-state index contributed by atoms with van der Waals surface area (Å²) in [6.45, 7) is 0.990. The van der Waals surface area contributed by atoms with Crippen molar-refractivity contribution in [3.63, 3.8) is 0 Å². The molecule has 7 nitrogen and oxygen atoms in total. The average molecular weight is 310 g/mol. The van der Waals surface area contributed by atoms with Crippen molar-refractivity contribution in [1.29, 1.82) is 0 Å². The minimum Gasteiger partial charge on any atom is -0.394 e. The Balaban J connectivity index is 1.76. The zero-order valence-corrected chi connectivity index (χ0v) is 12.7. The van der Waals surface area contributed by atoms with Gasteiger partial charge in [0.1, 0.15) is 6.26 Å². The summed E-state index contributed by atoms with van der Waals surface area (Å²) in [6.07, 6.45) is 4.73. The number of nitrogens with zero attached hydrogens (tertiary/aromatic N) is 2. The van der Waals surface area contributed by atoms with E-state index in [1.165, 1.54) is 6.26 Å². The maximum Gasteiger partial charge on any atom is 0.276 e. The van der Waals surface area contributed by atoms with E-state index in [9.17, 15) is 4.79 Å². The molecule has 1 aromatic heterocycles. The molecule has 0 radical (unpaired) electrons. The number of aliphatic hydroxyl groups excluding tert-OH is 1. The Kier molecular flexibility index (Phi) is 4.46. The topological polar surface area (TPSA) is 85.0 Å². The maximum atomic E-state index is 12.6. The van der Waals surface area contributed by atoms with Gasteiger partial charge in [0.15, 0.2) is 5.69 Å². The van der Waals surface area contributed by atoms with Gasteiger partial charge in [-0.05, 0) is 25.7 Å². The number of ether oxygens (including phenoxy) is 2. The molecule has 122 valence electrons. The summed E-state index contributed by atoms with van der Waals surface area (Å²) in [5, 5.41) is 12.7. The van der Waals surface area contributed by atoms with Crippen molar-refractivity contribution in [2.45, 2.75) is 43.4 Å². The van der Waals surface area contributed by atoms with Gasteiger partial charge in [-0.1, -0.05) is 5.16 Å². The first-order valence-electron chi connectivity index (χ1n) is 7.69. The highest BCUT2D eigenvalue weighted by molar-refractivity contribution is 5.92. The molecule has 3 atom stereocenters. The average Bonchev–Trinajstić information content (AvgIpc) is 3.20. The van der Waals surface area contributed by atoms with Crippen LogP contribution in [0.25, 0.3) is 0 Å². The third kappa shape index (κ3) is 2.64. The van der Waals surface area contributed by atoms with Crippen molar-refractivity contribution in [2.75, 3.05) is 26.9 Å².